The van der Waals surface area contributed by atoms with Crippen molar-refractivity contribution in [2.45, 2.75) is 37.6 Å². The van der Waals surface area contributed by atoms with Crippen molar-refractivity contribution in [3.63, 3.8) is 0 Å². The van der Waals surface area contributed by atoms with E-state index in [-0.39, 0.29) is 6.04 Å². The van der Waals surface area contributed by atoms with Gasteiger partial charge in [-0.1, -0.05) is 0 Å². The monoisotopic (exact) mass is 286 g/mol. The lowest BCUT2D eigenvalue weighted by atomic mass is 10.1. The topological polar surface area (TPSA) is 67.2 Å². The molecule has 0 aliphatic carbocycles. The van der Waals surface area contributed by atoms with E-state index in [1.54, 1.807) is 32.6 Å². The molecule has 0 amide bonds. The minimum atomic E-state index is -3.46. The minimum absolute atomic E-state index is 0.0743. The number of hydrogen-bond acceptors (Lipinski definition) is 4. The van der Waals surface area contributed by atoms with Gasteiger partial charge >= 0.3 is 0 Å². The van der Waals surface area contributed by atoms with Gasteiger partial charge in [0.2, 0.25) is 10.0 Å². The molecule has 1 aliphatic rings. The van der Waals surface area contributed by atoms with E-state index in [4.69, 9.17) is 0 Å². The molecule has 0 saturated carbocycles. The van der Waals surface area contributed by atoms with Crippen LogP contribution in [0.4, 0.5) is 0 Å². The minimum Gasteiger partial charge on any atom is -0.317 e. The zero-order valence-electron chi connectivity index (χ0n) is 12.0. The van der Waals surface area contributed by atoms with Crippen LogP contribution in [0.1, 0.15) is 24.2 Å². The molecule has 1 saturated heterocycles. The third-order valence-electron chi connectivity index (χ3n) is 3.90. The summed E-state index contributed by atoms with van der Waals surface area (Å²) in [5.74, 6) is 0. The normalized spacial score (nSPS) is 18.2. The molecule has 1 N–H and O–H groups in total. The lowest BCUT2D eigenvalue weighted by Crippen LogP contribution is -2.44. The van der Waals surface area contributed by atoms with E-state index >= 15 is 0 Å². The molecule has 0 radical (unpaired) electrons. The second-order valence-electron chi connectivity index (χ2n) is 5.13. The summed E-state index contributed by atoms with van der Waals surface area (Å²) < 4.78 is 28.6. The maximum atomic E-state index is 12.7. The van der Waals surface area contributed by atoms with E-state index in [1.165, 1.54) is 4.31 Å². The number of sulfonamides is 1. The summed E-state index contributed by atoms with van der Waals surface area (Å²) in [6, 6.07) is 0.0743. The quantitative estimate of drug-likeness (QED) is 0.874. The smallest absolute Gasteiger partial charge is 0.246 e. The van der Waals surface area contributed by atoms with Crippen molar-refractivity contribution in [3.8, 4) is 0 Å². The molecule has 2 heterocycles. The van der Waals surface area contributed by atoms with E-state index in [2.05, 4.69) is 10.4 Å². The van der Waals surface area contributed by atoms with Crippen molar-refractivity contribution in [2.24, 2.45) is 7.05 Å². The van der Waals surface area contributed by atoms with Gasteiger partial charge in [0.15, 0.2) is 0 Å². The van der Waals surface area contributed by atoms with Crippen LogP contribution in [-0.2, 0) is 17.1 Å². The highest BCUT2D eigenvalue weighted by Gasteiger charge is 2.33. The highest BCUT2D eigenvalue weighted by atomic mass is 32.2. The number of aryl methyl sites for hydroxylation is 2. The Balaban J connectivity index is 2.36. The number of rotatable bonds is 3. The standard InChI is InChI=1S/C12H22N4O2S/c1-9-12(10(2)15(3)14-9)19(17,18)16(4)11-5-7-13-8-6-11/h11,13H,5-8H2,1-4H3. The first-order valence-corrected chi connectivity index (χ1v) is 7.98. The van der Waals surface area contributed by atoms with Gasteiger partial charge in [-0.15, -0.1) is 0 Å². The van der Waals surface area contributed by atoms with Crippen LogP contribution in [-0.4, -0.2) is 48.7 Å². The van der Waals surface area contributed by atoms with Gasteiger partial charge < -0.3 is 5.32 Å². The lowest BCUT2D eigenvalue weighted by molar-refractivity contribution is 0.296. The van der Waals surface area contributed by atoms with Crippen LogP contribution in [0.15, 0.2) is 4.90 Å². The molecule has 2 rings (SSSR count). The fraction of sp³-hybridized carbons (Fsp3) is 0.750. The van der Waals surface area contributed by atoms with Gasteiger partial charge in [-0.2, -0.15) is 9.40 Å². The largest absolute Gasteiger partial charge is 0.317 e. The maximum Gasteiger partial charge on any atom is 0.246 e. The van der Waals surface area contributed by atoms with Crippen LogP contribution >= 0.6 is 0 Å². The number of piperidine rings is 1. The summed E-state index contributed by atoms with van der Waals surface area (Å²) in [5.41, 5.74) is 1.26. The number of nitrogens with one attached hydrogen (secondary N) is 1. The third-order valence-corrected chi connectivity index (χ3v) is 6.07. The highest BCUT2D eigenvalue weighted by Crippen LogP contribution is 2.25. The highest BCUT2D eigenvalue weighted by molar-refractivity contribution is 7.89. The van der Waals surface area contributed by atoms with Gasteiger partial charge in [0.25, 0.3) is 0 Å². The van der Waals surface area contributed by atoms with Gasteiger partial charge in [0.05, 0.1) is 11.4 Å². The first kappa shape index (κ1) is 14.5. The maximum absolute atomic E-state index is 12.7. The summed E-state index contributed by atoms with van der Waals surface area (Å²) in [4.78, 5) is 0.357. The molecule has 0 aromatic carbocycles. The Labute approximate surface area is 114 Å². The van der Waals surface area contributed by atoms with Crippen molar-refractivity contribution in [3.05, 3.63) is 11.4 Å². The van der Waals surface area contributed by atoms with Crippen molar-refractivity contribution >= 4 is 10.0 Å². The molecule has 1 aliphatic heterocycles. The summed E-state index contributed by atoms with van der Waals surface area (Å²) in [5, 5.41) is 7.45. The third kappa shape index (κ3) is 2.54. The molecule has 1 aromatic rings. The van der Waals surface area contributed by atoms with E-state index in [0.29, 0.717) is 16.3 Å². The van der Waals surface area contributed by atoms with Crippen molar-refractivity contribution in [2.75, 3.05) is 20.1 Å². The predicted molar refractivity (Wildman–Crippen MR) is 73.5 cm³/mol. The van der Waals surface area contributed by atoms with E-state index < -0.39 is 10.0 Å². The average molecular weight is 286 g/mol. The summed E-state index contributed by atoms with van der Waals surface area (Å²) in [7, 11) is -0.00940. The zero-order valence-corrected chi connectivity index (χ0v) is 12.8. The summed E-state index contributed by atoms with van der Waals surface area (Å²) in [6.07, 6.45) is 1.71. The van der Waals surface area contributed by atoms with Crippen LogP contribution in [0.3, 0.4) is 0 Å². The van der Waals surface area contributed by atoms with Gasteiger partial charge in [-0.25, -0.2) is 8.42 Å². The lowest BCUT2D eigenvalue weighted by Gasteiger charge is -2.30. The Kier molecular flexibility index (Phi) is 3.98. The number of hydrogen-bond donors (Lipinski definition) is 1. The SMILES string of the molecule is Cc1nn(C)c(C)c1S(=O)(=O)N(C)C1CCNCC1. The van der Waals surface area contributed by atoms with Crippen molar-refractivity contribution in [1.82, 2.24) is 19.4 Å². The van der Waals surface area contributed by atoms with Gasteiger partial charge in [-0.05, 0) is 39.8 Å². The molecule has 19 heavy (non-hydrogen) atoms. The number of nitrogens with zero attached hydrogens (tertiary/aromatic N) is 3. The van der Waals surface area contributed by atoms with E-state index in [1.807, 2.05) is 0 Å². The Morgan fingerprint density at radius 3 is 2.37 bits per heavy atom. The summed E-state index contributed by atoms with van der Waals surface area (Å²) in [6.45, 7) is 5.28. The fourth-order valence-corrected chi connectivity index (χ4v) is 4.45. The second kappa shape index (κ2) is 5.22. The Morgan fingerprint density at radius 2 is 1.89 bits per heavy atom. The predicted octanol–water partition coefficient (Wildman–Crippen LogP) is 0.409. The van der Waals surface area contributed by atoms with E-state index in [9.17, 15) is 8.42 Å². The average Bonchev–Trinajstić information content (AvgIpc) is 2.63. The Bertz CT molecular complexity index is 559. The van der Waals surface area contributed by atoms with Crippen LogP contribution < -0.4 is 5.32 Å². The molecule has 108 valence electrons. The Morgan fingerprint density at radius 1 is 1.32 bits per heavy atom. The van der Waals surface area contributed by atoms with Crippen molar-refractivity contribution in [1.29, 1.82) is 0 Å². The van der Waals surface area contributed by atoms with Crippen LogP contribution in [0, 0.1) is 13.8 Å². The summed E-state index contributed by atoms with van der Waals surface area (Å²) >= 11 is 0. The second-order valence-corrected chi connectivity index (χ2v) is 7.06. The fourth-order valence-electron chi connectivity index (χ4n) is 2.64. The molecule has 0 unspecified atom stereocenters. The van der Waals surface area contributed by atoms with E-state index in [0.717, 1.165) is 25.9 Å². The molecular formula is C12H22N4O2S. The van der Waals surface area contributed by atoms with Crippen LogP contribution in [0.5, 0.6) is 0 Å². The molecule has 0 spiro atoms. The first-order valence-electron chi connectivity index (χ1n) is 6.54. The molecule has 6 nitrogen and oxygen atoms in total. The molecule has 1 fully saturated rings. The zero-order chi connectivity index (χ0) is 14.2. The van der Waals surface area contributed by atoms with Gasteiger partial charge in [-0.3, -0.25) is 4.68 Å². The van der Waals surface area contributed by atoms with Gasteiger partial charge in [0, 0.05) is 20.1 Å². The molecule has 1 aromatic heterocycles. The number of aromatic nitrogens is 2. The Hall–Kier alpha value is -0.920. The molecular weight excluding hydrogens is 264 g/mol. The molecule has 0 atom stereocenters. The van der Waals surface area contributed by atoms with Crippen LogP contribution in [0.2, 0.25) is 0 Å². The van der Waals surface area contributed by atoms with Crippen molar-refractivity contribution < 1.29 is 8.42 Å². The molecule has 7 heteroatoms. The van der Waals surface area contributed by atoms with Gasteiger partial charge in [0.1, 0.15) is 4.90 Å². The molecule has 0 bridgehead atoms. The first-order chi connectivity index (χ1) is 8.85. The van der Waals surface area contributed by atoms with Crippen LogP contribution in [0.25, 0.3) is 0 Å².